The molecule has 0 atom stereocenters. The van der Waals surface area contributed by atoms with Crippen molar-refractivity contribution in [2.75, 3.05) is 5.32 Å². The lowest BCUT2D eigenvalue weighted by Gasteiger charge is -2.06. The van der Waals surface area contributed by atoms with Gasteiger partial charge in [0, 0.05) is 30.7 Å². The maximum atomic E-state index is 12.2. The van der Waals surface area contributed by atoms with Crippen LogP contribution < -0.4 is 10.9 Å². The van der Waals surface area contributed by atoms with E-state index in [2.05, 4.69) is 29.2 Å². The molecule has 19 heavy (non-hydrogen) atoms. The molecular weight excluding hydrogens is 242 g/mol. The van der Waals surface area contributed by atoms with Crippen LogP contribution in [0.3, 0.4) is 0 Å². The van der Waals surface area contributed by atoms with Gasteiger partial charge in [-0.15, -0.1) is 0 Å². The van der Waals surface area contributed by atoms with Crippen molar-refractivity contribution >= 4 is 11.5 Å². The standard InChI is InChI=1S/C13H17N5O/c1-9(2)18-8-10(7-15-18)16-12-13(19)17(6-5-14-12)11-3-4-11/h5-9,11H,3-4H2,1-2H3,(H,14,16). The average Bonchev–Trinajstić information content (AvgIpc) is 3.11. The Bertz CT molecular complexity index is 638. The SMILES string of the molecule is CC(C)n1cc(Nc2nccn(C3CC3)c2=O)cn1. The van der Waals surface area contributed by atoms with Crippen molar-refractivity contribution in [3.8, 4) is 0 Å². The van der Waals surface area contributed by atoms with Gasteiger partial charge in [0.25, 0.3) is 5.56 Å². The maximum Gasteiger partial charge on any atom is 0.293 e. The van der Waals surface area contributed by atoms with Crippen molar-refractivity contribution < 1.29 is 0 Å². The zero-order valence-electron chi connectivity index (χ0n) is 11.1. The molecule has 1 aliphatic carbocycles. The number of anilines is 2. The molecule has 1 saturated carbocycles. The molecule has 2 aromatic rings. The van der Waals surface area contributed by atoms with Gasteiger partial charge in [-0.2, -0.15) is 5.10 Å². The van der Waals surface area contributed by atoms with E-state index < -0.39 is 0 Å². The van der Waals surface area contributed by atoms with E-state index in [0.29, 0.717) is 17.9 Å². The van der Waals surface area contributed by atoms with E-state index in [9.17, 15) is 4.79 Å². The topological polar surface area (TPSA) is 64.7 Å². The van der Waals surface area contributed by atoms with Gasteiger partial charge in [-0.3, -0.25) is 9.48 Å². The summed E-state index contributed by atoms with van der Waals surface area (Å²) < 4.78 is 3.59. The fraction of sp³-hybridized carbons (Fsp3) is 0.462. The lowest BCUT2D eigenvalue weighted by molar-refractivity contribution is 0.532. The molecular formula is C13H17N5O. The van der Waals surface area contributed by atoms with Crippen LogP contribution in [0.5, 0.6) is 0 Å². The van der Waals surface area contributed by atoms with Gasteiger partial charge in [0.1, 0.15) is 0 Å². The molecule has 0 unspecified atom stereocenters. The van der Waals surface area contributed by atoms with Gasteiger partial charge in [-0.25, -0.2) is 4.98 Å². The first-order valence-corrected chi connectivity index (χ1v) is 6.53. The number of nitrogens with zero attached hydrogens (tertiary/aromatic N) is 4. The second-order valence-corrected chi connectivity index (χ2v) is 5.15. The van der Waals surface area contributed by atoms with Gasteiger partial charge < -0.3 is 9.88 Å². The minimum Gasteiger partial charge on any atom is -0.333 e. The number of hydrogen-bond donors (Lipinski definition) is 1. The second kappa shape index (κ2) is 4.53. The zero-order chi connectivity index (χ0) is 13.4. The largest absolute Gasteiger partial charge is 0.333 e. The lowest BCUT2D eigenvalue weighted by Crippen LogP contribution is -2.22. The summed E-state index contributed by atoms with van der Waals surface area (Å²) in [4.78, 5) is 16.3. The van der Waals surface area contributed by atoms with Crippen LogP contribution in [0.15, 0.2) is 29.6 Å². The summed E-state index contributed by atoms with van der Waals surface area (Å²) >= 11 is 0. The first kappa shape index (κ1) is 12.0. The summed E-state index contributed by atoms with van der Waals surface area (Å²) in [5, 5.41) is 7.27. The van der Waals surface area contributed by atoms with Crippen molar-refractivity contribution in [3.63, 3.8) is 0 Å². The van der Waals surface area contributed by atoms with E-state index in [1.165, 1.54) is 0 Å². The quantitative estimate of drug-likeness (QED) is 0.913. The minimum atomic E-state index is -0.0673. The van der Waals surface area contributed by atoms with Gasteiger partial charge >= 0.3 is 0 Å². The first-order chi connectivity index (χ1) is 9.15. The molecule has 0 amide bonds. The summed E-state index contributed by atoms with van der Waals surface area (Å²) in [5.74, 6) is 0.359. The fourth-order valence-corrected chi connectivity index (χ4v) is 1.97. The number of rotatable bonds is 4. The molecule has 0 bridgehead atoms. The van der Waals surface area contributed by atoms with Crippen molar-refractivity contribution in [2.45, 2.75) is 38.8 Å². The predicted molar refractivity (Wildman–Crippen MR) is 72.7 cm³/mol. The van der Waals surface area contributed by atoms with E-state index in [-0.39, 0.29) is 5.56 Å². The van der Waals surface area contributed by atoms with Gasteiger partial charge in [0.15, 0.2) is 5.82 Å². The first-order valence-electron chi connectivity index (χ1n) is 6.53. The van der Waals surface area contributed by atoms with Crippen molar-refractivity contribution in [3.05, 3.63) is 35.1 Å². The molecule has 2 aromatic heterocycles. The summed E-state index contributed by atoms with van der Waals surface area (Å²) in [6.07, 6.45) is 9.15. The maximum absolute atomic E-state index is 12.2. The smallest absolute Gasteiger partial charge is 0.293 e. The Morgan fingerprint density at radius 1 is 1.42 bits per heavy atom. The van der Waals surface area contributed by atoms with E-state index in [4.69, 9.17) is 0 Å². The summed E-state index contributed by atoms with van der Waals surface area (Å²) in [6.45, 7) is 4.11. The Labute approximate surface area is 111 Å². The predicted octanol–water partition coefficient (Wildman–Crippen LogP) is 2.10. The second-order valence-electron chi connectivity index (χ2n) is 5.15. The zero-order valence-corrected chi connectivity index (χ0v) is 11.1. The van der Waals surface area contributed by atoms with Crippen LogP contribution in [0.2, 0.25) is 0 Å². The normalized spacial score (nSPS) is 14.9. The molecule has 0 aromatic carbocycles. The number of aromatic nitrogens is 4. The fourth-order valence-electron chi connectivity index (χ4n) is 1.97. The average molecular weight is 259 g/mol. The summed E-state index contributed by atoms with van der Waals surface area (Å²) in [5.41, 5.74) is 0.717. The highest BCUT2D eigenvalue weighted by Crippen LogP contribution is 2.33. The Kier molecular flexibility index (Phi) is 2.85. The Morgan fingerprint density at radius 3 is 2.84 bits per heavy atom. The molecule has 100 valence electrons. The van der Waals surface area contributed by atoms with Crippen LogP contribution in [0.25, 0.3) is 0 Å². The number of hydrogen-bond acceptors (Lipinski definition) is 4. The monoisotopic (exact) mass is 259 g/mol. The lowest BCUT2D eigenvalue weighted by atomic mass is 10.4. The number of nitrogens with one attached hydrogen (secondary N) is 1. The third kappa shape index (κ3) is 2.38. The van der Waals surface area contributed by atoms with Gasteiger partial charge in [-0.1, -0.05) is 0 Å². The van der Waals surface area contributed by atoms with E-state index in [1.54, 1.807) is 23.2 Å². The van der Waals surface area contributed by atoms with Crippen LogP contribution in [0.1, 0.15) is 38.8 Å². The Morgan fingerprint density at radius 2 is 2.21 bits per heavy atom. The van der Waals surface area contributed by atoms with Crippen LogP contribution in [0, 0.1) is 0 Å². The van der Waals surface area contributed by atoms with Gasteiger partial charge in [0.2, 0.25) is 0 Å². The Hall–Kier alpha value is -2.11. The van der Waals surface area contributed by atoms with Crippen molar-refractivity contribution in [1.82, 2.24) is 19.3 Å². The third-order valence-electron chi connectivity index (χ3n) is 3.20. The molecule has 0 aliphatic heterocycles. The van der Waals surface area contributed by atoms with Crippen molar-refractivity contribution in [2.24, 2.45) is 0 Å². The van der Waals surface area contributed by atoms with Crippen LogP contribution in [-0.2, 0) is 0 Å². The highest BCUT2D eigenvalue weighted by molar-refractivity contribution is 5.52. The Balaban J connectivity index is 1.86. The van der Waals surface area contributed by atoms with Crippen LogP contribution >= 0.6 is 0 Å². The molecule has 0 radical (unpaired) electrons. The van der Waals surface area contributed by atoms with E-state index in [1.807, 2.05) is 10.9 Å². The van der Waals surface area contributed by atoms with Gasteiger partial charge in [0.05, 0.1) is 11.9 Å². The molecule has 2 heterocycles. The molecule has 3 rings (SSSR count). The van der Waals surface area contributed by atoms with Crippen molar-refractivity contribution in [1.29, 1.82) is 0 Å². The molecule has 0 saturated heterocycles. The van der Waals surface area contributed by atoms with Gasteiger partial charge in [-0.05, 0) is 26.7 Å². The highest BCUT2D eigenvalue weighted by atomic mass is 16.1. The summed E-state index contributed by atoms with van der Waals surface area (Å²) in [6, 6.07) is 0.650. The third-order valence-corrected chi connectivity index (χ3v) is 3.20. The molecule has 1 aliphatic rings. The van der Waals surface area contributed by atoms with Crippen LogP contribution in [0.4, 0.5) is 11.5 Å². The molecule has 0 spiro atoms. The van der Waals surface area contributed by atoms with Crippen LogP contribution in [-0.4, -0.2) is 19.3 Å². The molecule has 1 N–H and O–H groups in total. The van der Waals surface area contributed by atoms with E-state index >= 15 is 0 Å². The molecule has 6 heteroatoms. The summed E-state index contributed by atoms with van der Waals surface area (Å²) in [7, 11) is 0. The minimum absolute atomic E-state index is 0.0673. The van der Waals surface area contributed by atoms with E-state index in [0.717, 1.165) is 18.5 Å². The highest BCUT2D eigenvalue weighted by Gasteiger charge is 2.25. The molecule has 1 fully saturated rings. The molecule has 6 nitrogen and oxygen atoms in total.